The molecule has 7 heteroatoms. The van der Waals surface area contributed by atoms with Crippen LogP contribution in [0.15, 0.2) is 54.2 Å². The van der Waals surface area contributed by atoms with E-state index in [4.69, 9.17) is 5.73 Å². The minimum atomic E-state index is -0.496. The zero-order valence-corrected chi connectivity index (χ0v) is 13.4. The van der Waals surface area contributed by atoms with E-state index in [9.17, 15) is 9.59 Å². The standard InChI is InChI=1S/C17H14N4O2S/c18-15(22)13-3-1-2-11(8-13)9-20-16(23)14-10-24-17(21-14)12-4-6-19-7-5-12/h1-8,10H,9H2,(H2,18,22)(H,20,23). The number of rotatable bonds is 5. The van der Waals surface area contributed by atoms with Gasteiger partial charge in [-0.2, -0.15) is 0 Å². The summed E-state index contributed by atoms with van der Waals surface area (Å²) in [4.78, 5) is 31.7. The summed E-state index contributed by atoms with van der Waals surface area (Å²) in [6, 6.07) is 10.5. The van der Waals surface area contributed by atoms with Crippen LogP contribution < -0.4 is 11.1 Å². The molecular formula is C17H14N4O2S. The van der Waals surface area contributed by atoms with Crippen molar-refractivity contribution in [1.82, 2.24) is 15.3 Å². The third kappa shape index (κ3) is 3.64. The van der Waals surface area contributed by atoms with Crippen LogP contribution in [-0.4, -0.2) is 21.8 Å². The summed E-state index contributed by atoms with van der Waals surface area (Å²) in [7, 11) is 0. The molecule has 0 saturated heterocycles. The van der Waals surface area contributed by atoms with Gasteiger partial charge in [-0.1, -0.05) is 12.1 Å². The number of nitrogens with one attached hydrogen (secondary N) is 1. The highest BCUT2D eigenvalue weighted by Crippen LogP contribution is 2.22. The SMILES string of the molecule is NC(=O)c1cccc(CNC(=O)c2csc(-c3ccncc3)n2)c1. The van der Waals surface area contributed by atoms with Gasteiger partial charge in [0.15, 0.2) is 0 Å². The van der Waals surface area contributed by atoms with Gasteiger partial charge in [0.1, 0.15) is 10.7 Å². The molecule has 0 fully saturated rings. The molecule has 2 amide bonds. The zero-order chi connectivity index (χ0) is 16.9. The molecule has 1 aromatic carbocycles. The van der Waals surface area contributed by atoms with Gasteiger partial charge in [-0.15, -0.1) is 11.3 Å². The van der Waals surface area contributed by atoms with Crippen molar-refractivity contribution in [2.75, 3.05) is 0 Å². The van der Waals surface area contributed by atoms with Crippen LogP contribution >= 0.6 is 11.3 Å². The average Bonchev–Trinajstić information content (AvgIpc) is 3.11. The number of hydrogen-bond donors (Lipinski definition) is 2. The Balaban J connectivity index is 1.67. The van der Waals surface area contributed by atoms with E-state index in [-0.39, 0.29) is 5.91 Å². The fourth-order valence-electron chi connectivity index (χ4n) is 2.11. The molecule has 0 aliphatic rings. The Bertz CT molecular complexity index is 877. The number of carbonyl (C=O) groups excluding carboxylic acids is 2. The highest BCUT2D eigenvalue weighted by molar-refractivity contribution is 7.13. The van der Waals surface area contributed by atoms with E-state index in [1.807, 2.05) is 18.2 Å². The third-order valence-electron chi connectivity index (χ3n) is 3.33. The number of pyridine rings is 1. The fourth-order valence-corrected chi connectivity index (χ4v) is 2.92. The smallest absolute Gasteiger partial charge is 0.271 e. The minimum absolute atomic E-state index is 0.268. The normalized spacial score (nSPS) is 10.3. The molecule has 0 atom stereocenters. The maximum Gasteiger partial charge on any atom is 0.271 e. The fraction of sp³-hybridized carbons (Fsp3) is 0.0588. The van der Waals surface area contributed by atoms with Crippen molar-refractivity contribution in [3.05, 3.63) is 71.0 Å². The van der Waals surface area contributed by atoms with Crippen LogP contribution in [0.4, 0.5) is 0 Å². The molecule has 0 saturated carbocycles. The predicted octanol–water partition coefficient (Wildman–Crippen LogP) is 2.23. The minimum Gasteiger partial charge on any atom is -0.366 e. The quantitative estimate of drug-likeness (QED) is 0.745. The molecule has 2 aromatic heterocycles. The zero-order valence-electron chi connectivity index (χ0n) is 12.6. The van der Waals surface area contributed by atoms with Crippen molar-refractivity contribution < 1.29 is 9.59 Å². The predicted molar refractivity (Wildman–Crippen MR) is 91.5 cm³/mol. The Kier molecular flexibility index (Phi) is 4.62. The van der Waals surface area contributed by atoms with E-state index in [1.54, 1.807) is 36.0 Å². The first-order valence-electron chi connectivity index (χ1n) is 7.16. The summed E-state index contributed by atoms with van der Waals surface area (Å²) in [6.45, 7) is 0.294. The molecule has 24 heavy (non-hydrogen) atoms. The third-order valence-corrected chi connectivity index (χ3v) is 4.22. The first kappa shape index (κ1) is 15.8. The number of carbonyl (C=O) groups is 2. The van der Waals surface area contributed by atoms with Crippen molar-refractivity contribution in [2.24, 2.45) is 5.73 Å². The van der Waals surface area contributed by atoms with Crippen LogP contribution in [0, 0.1) is 0 Å². The van der Waals surface area contributed by atoms with Gasteiger partial charge in [0.2, 0.25) is 5.91 Å². The van der Waals surface area contributed by atoms with E-state index in [0.29, 0.717) is 17.8 Å². The first-order valence-corrected chi connectivity index (χ1v) is 8.04. The van der Waals surface area contributed by atoms with Crippen LogP contribution in [0.2, 0.25) is 0 Å². The summed E-state index contributed by atoms with van der Waals surface area (Å²) in [5, 5.41) is 5.26. The maximum atomic E-state index is 12.2. The lowest BCUT2D eigenvalue weighted by Gasteiger charge is -2.05. The second kappa shape index (κ2) is 7.01. The molecular weight excluding hydrogens is 324 g/mol. The molecule has 0 aliphatic carbocycles. The van der Waals surface area contributed by atoms with Crippen LogP contribution in [-0.2, 0) is 6.54 Å². The van der Waals surface area contributed by atoms with Crippen molar-refractivity contribution >= 4 is 23.2 Å². The number of hydrogen-bond acceptors (Lipinski definition) is 5. The van der Waals surface area contributed by atoms with E-state index >= 15 is 0 Å². The molecule has 0 aliphatic heterocycles. The average molecular weight is 338 g/mol. The lowest BCUT2D eigenvalue weighted by Crippen LogP contribution is -2.23. The summed E-state index contributed by atoms with van der Waals surface area (Å²) in [5.74, 6) is -0.763. The molecule has 0 radical (unpaired) electrons. The lowest BCUT2D eigenvalue weighted by atomic mass is 10.1. The largest absolute Gasteiger partial charge is 0.366 e. The molecule has 6 nitrogen and oxygen atoms in total. The van der Waals surface area contributed by atoms with Crippen LogP contribution in [0.1, 0.15) is 26.4 Å². The van der Waals surface area contributed by atoms with Crippen LogP contribution in [0.5, 0.6) is 0 Å². The maximum absolute atomic E-state index is 12.2. The lowest BCUT2D eigenvalue weighted by molar-refractivity contribution is 0.0946. The molecule has 2 heterocycles. The van der Waals surface area contributed by atoms with Gasteiger partial charge < -0.3 is 11.1 Å². The number of nitrogens with zero attached hydrogens (tertiary/aromatic N) is 2. The van der Waals surface area contributed by atoms with Gasteiger partial charge in [0.25, 0.3) is 5.91 Å². The van der Waals surface area contributed by atoms with E-state index in [0.717, 1.165) is 16.1 Å². The van der Waals surface area contributed by atoms with Gasteiger partial charge in [-0.25, -0.2) is 4.98 Å². The monoisotopic (exact) mass is 338 g/mol. The number of thiazole rings is 1. The molecule has 3 rings (SSSR count). The second-order valence-electron chi connectivity index (χ2n) is 5.02. The summed E-state index contributed by atoms with van der Waals surface area (Å²) in [6.07, 6.45) is 3.37. The summed E-state index contributed by atoms with van der Waals surface area (Å²) in [5.41, 5.74) is 7.74. The Morgan fingerprint density at radius 2 is 1.96 bits per heavy atom. The molecule has 0 bridgehead atoms. The summed E-state index contributed by atoms with van der Waals surface area (Å²) < 4.78 is 0. The summed E-state index contributed by atoms with van der Waals surface area (Å²) >= 11 is 1.40. The van der Waals surface area contributed by atoms with Gasteiger partial charge in [-0.3, -0.25) is 14.6 Å². The van der Waals surface area contributed by atoms with Gasteiger partial charge >= 0.3 is 0 Å². The highest BCUT2D eigenvalue weighted by Gasteiger charge is 2.12. The first-order chi connectivity index (χ1) is 11.6. The number of benzene rings is 1. The second-order valence-corrected chi connectivity index (χ2v) is 5.88. The Morgan fingerprint density at radius 3 is 2.71 bits per heavy atom. The van der Waals surface area contributed by atoms with E-state index < -0.39 is 5.91 Å². The van der Waals surface area contributed by atoms with Crippen molar-refractivity contribution in [3.63, 3.8) is 0 Å². The molecule has 3 N–H and O–H groups in total. The van der Waals surface area contributed by atoms with Crippen LogP contribution in [0.25, 0.3) is 10.6 Å². The molecule has 0 spiro atoms. The van der Waals surface area contributed by atoms with Crippen LogP contribution in [0.3, 0.4) is 0 Å². The van der Waals surface area contributed by atoms with Gasteiger partial charge in [0.05, 0.1) is 0 Å². The molecule has 3 aromatic rings. The Labute approximate surface area is 142 Å². The van der Waals surface area contributed by atoms with E-state index in [1.165, 1.54) is 11.3 Å². The van der Waals surface area contributed by atoms with Crippen molar-refractivity contribution in [1.29, 1.82) is 0 Å². The van der Waals surface area contributed by atoms with E-state index in [2.05, 4.69) is 15.3 Å². The van der Waals surface area contributed by atoms with Gasteiger partial charge in [-0.05, 0) is 29.8 Å². The molecule has 0 unspecified atom stereocenters. The topological polar surface area (TPSA) is 98.0 Å². The highest BCUT2D eigenvalue weighted by atomic mass is 32.1. The number of nitrogens with two attached hydrogens (primary N) is 1. The number of aromatic nitrogens is 2. The number of amides is 2. The van der Waals surface area contributed by atoms with Gasteiger partial charge in [0, 0.05) is 35.4 Å². The Hall–Kier alpha value is -3.06. The van der Waals surface area contributed by atoms with Crippen molar-refractivity contribution in [2.45, 2.75) is 6.54 Å². The molecule has 120 valence electrons. The van der Waals surface area contributed by atoms with Crippen molar-refractivity contribution in [3.8, 4) is 10.6 Å². The number of primary amides is 1. The Morgan fingerprint density at radius 1 is 1.17 bits per heavy atom.